The average Bonchev–Trinajstić information content (AvgIpc) is 3.52. The summed E-state index contributed by atoms with van der Waals surface area (Å²) in [5.74, 6) is -1.38. The van der Waals surface area contributed by atoms with Gasteiger partial charge in [-0.25, -0.2) is 0 Å². The van der Waals surface area contributed by atoms with E-state index in [0.717, 1.165) is 29.7 Å². The Bertz CT molecular complexity index is 1070. The molecule has 2 amide bonds. The minimum absolute atomic E-state index is 0.155. The van der Waals surface area contributed by atoms with Gasteiger partial charge < -0.3 is 20.4 Å². The van der Waals surface area contributed by atoms with Crippen LogP contribution < -0.4 is 5.32 Å². The number of hydrogen-bond donors (Lipinski definition) is 3. The van der Waals surface area contributed by atoms with Crippen LogP contribution in [0.25, 0.3) is 0 Å². The van der Waals surface area contributed by atoms with Crippen molar-refractivity contribution in [3.8, 4) is 0 Å². The van der Waals surface area contributed by atoms with E-state index in [1.54, 1.807) is 16.2 Å². The lowest BCUT2D eigenvalue weighted by atomic mass is 10.0. The Morgan fingerprint density at radius 2 is 1.61 bits per heavy atom. The van der Waals surface area contributed by atoms with Gasteiger partial charge in [0.25, 0.3) is 11.8 Å². The molecule has 1 fully saturated rings. The molecule has 2 heterocycles. The molecule has 1 aliphatic heterocycles. The quantitative estimate of drug-likeness (QED) is 0.478. The normalized spacial score (nSPS) is 17.5. The van der Waals surface area contributed by atoms with Crippen molar-refractivity contribution in [1.82, 2.24) is 10.2 Å². The highest BCUT2D eigenvalue weighted by Crippen LogP contribution is 2.32. The molecule has 33 heavy (non-hydrogen) atoms. The molecule has 1 saturated heterocycles. The zero-order valence-electron chi connectivity index (χ0n) is 18.3. The average molecular weight is 465 g/mol. The number of aliphatic hydroxyl groups excluding tert-OH is 2. The SMILES string of the molecule is O=C(NCc1ccc(Cc2ccccc2)s1)[C@H](O)[C@@H](O)C(=O)N1CCCC1c1ccccc1. The first-order valence-corrected chi connectivity index (χ1v) is 12.0. The molecular formula is C26H28N2O4S. The summed E-state index contributed by atoms with van der Waals surface area (Å²) in [6.07, 6.45) is -1.21. The third-order valence-electron chi connectivity index (χ3n) is 5.92. The first kappa shape index (κ1) is 23.2. The lowest BCUT2D eigenvalue weighted by Gasteiger charge is -2.28. The van der Waals surface area contributed by atoms with Gasteiger partial charge in [0.2, 0.25) is 0 Å². The lowest BCUT2D eigenvalue weighted by Crippen LogP contribution is -2.50. The number of aliphatic hydroxyl groups is 2. The van der Waals surface area contributed by atoms with Gasteiger partial charge in [-0.1, -0.05) is 60.7 Å². The summed E-state index contributed by atoms with van der Waals surface area (Å²) >= 11 is 1.58. The Morgan fingerprint density at radius 3 is 2.33 bits per heavy atom. The number of rotatable bonds is 8. The molecule has 3 atom stereocenters. The standard InChI is InChI=1S/C26H28N2O4S/c29-23(24(30)26(32)28-15-7-12-22(28)19-10-5-2-6-11-19)25(31)27-17-21-14-13-20(33-21)16-18-8-3-1-4-9-18/h1-6,8-11,13-14,22-24,29-30H,7,12,15-17H2,(H,27,31)/t22?,23-,24-/m1/s1. The van der Waals surface area contributed by atoms with E-state index in [4.69, 9.17) is 0 Å². The van der Waals surface area contributed by atoms with Crippen LogP contribution in [0.4, 0.5) is 0 Å². The molecule has 2 aromatic carbocycles. The van der Waals surface area contributed by atoms with Crippen LogP contribution in [0.1, 0.15) is 39.8 Å². The first-order valence-electron chi connectivity index (χ1n) is 11.1. The van der Waals surface area contributed by atoms with E-state index in [-0.39, 0.29) is 12.6 Å². The lowest BCUT2D eigenvalue weighted by molar-refractivity contribution is -0.153. The Labute approximate surface area is 197 Å². The second-order valence-corrected chi connectivity index (χ2v) is 9.49. The maximum atomic E-state index is 12.9. The summed E-state index contributed by atoms with van der Waals surface area (Å²) < 4.78 is 0. The molecule has 172 valence electrons. The van der Waals surface area contributed by atoms with Crippen LogP contribution in [-0.4, -0.2) is 45.7 Å². The van der Waals surface area contributed by atoms with Gasteiger partial charge >= 0.3 is 0 Å². The Kier molecular flexibility index (Phi) is 7.54. The van der Waals surface area contributed by atoms with Crippen LogP contribution >= 0.6 is 11.3 Å². The van der Waals surface area contributed by atoms with Crippen LogP contribution in [0.3, 0.4) is 0 Å². The van der Waals surface area contributed by atoms with E-state index in [1.807, 2.05) is 60.7 Å². The highest BCUT2D eigenvalue weighted by Gasteiger charge is 2.38. The van der Waals surface area contributed by atoms with Crippen LogP contribution in [0.5, 0.6) is 0 Å². The third-order valence-corrected chi connectivity index (χ3v) is 7.00. The molecule has 1 aromatic heterocycles. The van der Waals surface area contributed by atoms with E-state index < -0.39 is 24.0 Å². The van der Waals surface area contributed by atoms with Gasteiger partial charge in [0.05, 0.1) is 12.6 Å². The Balaban J connectivity index is 1.31. The molecule has 3 aromatic rings. The summed E-state index contributed by atoms with van der Waals surface area (Å²) in [6, 6.07) is 23.5. The van der Waals surface area contributed by atoms with Crippen molar-refractivity contribution in [2.75, 3.05) is 6.54 Å². The van der Waals surface area contributed by atoms with E-state index in [9.17, 15) is 19.8 Å². The van der Waals surface area contributed by atoms with Gasteiger partial charge in [0, 0.05) is 22.7 Å². The van der Waals surface area contributed by atoms with E-state index in [0.29, 0.717) is 6.54 Å². The predicted octanol–water partition coefficient (Wildman–Crippen LogP) is 3.04. The van der Waals surface area contributed by atoms with Crippen LogP contribution in [0.15, 0.2) is 72.8 Å². The second kappa shape index (κ2) is 10.7. The maximum Gasteiger partial charge on any atom is 0.255 e. The highest BCUT2D eigenvalue weighted by atomic mass is 32.1. The molecule has 3 N–H and O–H groups in total. The van der Waals surface area contributed by atoms with Gasteiger partial charge in [0.1, 0.15) is 0 Å². The van der Waals surface area contributed by atoms with Crippen molar-refractivity contribution in [2.45, 2.75) is 44.1 Å². The number of hydrogen-bond acceptors (Lipinski definition) is 5. The minimum Gasteiger partial charge on any atom is -0.380 e. The molecule has 1 aliphatic rings. The molecule has 0 bridgehead atoms. The van der Waals surface area contributed by atoms with Gasteiger partial charge in [0.15, 0.2) is 12.2 Å². The summed E-state index contributed by atoms with van der Waals surface area (Å²) in [5, 5.41) is 23.4. The minimum atomic E-state index is -1.82. The smallest absolute Gasteiger partial charge is 0.255 e. The molecular weight excluding hydrogens is 436 g/mol. The van der Waals surface area contributed by atoms with Gasteiger partial charge in [-0.2, -0.15) is 0 Å². The number of carbonyl (C=O) groups excluding carboxylic acids is 2. The van der Waals surface area contributed by atoms with Crippen LogP contribution in [0, 0.1) is 0 Å². The van der Waals surface area contributed by atoms with E-state index in [1.165, 1.54) is 10.4 Å². The number of amides is 2. The molecule has 7 heteroatoms. The summed E-state index contributed by atoms with van der Waals surface area (Å²) in [5.41, 5.74) is 2.20. The van der Waals surface area contributed by atoms with Crippen molar-refractivity contribution in [3.05, 3.63) is 93.7 Å². The highest BCUT2D eigenvalue weighted by molar-refractivity contribution is 7.12. The van der Waals surface area contributed by atoms with Crippen molar-refractivity contribution >= 4 is 23.2 Å². The zero-order valence-corrected chi connectivity index (χ0v) is 19.1. The molecule has 0 aliphatic carbocycles. The number of likely N-dealkylation sites (tertiary alicyclic amines) is 1. The molecule has 1 unspecified atom stereocenters. The largest absolute Gasteiger partial charge is 0.380 e. The van der Waals surface area contributed by atoms with Crippen molar-refractivity contribution in [1.29, 1.82) is 0 Å². The van der Waals surface area contributed by atoms with Crippen LogP contribution in [0.2, 0.25) is 0 Å². The summed E-state index contributed by atoms with van der Waals surface area (Å²) in [7, 11) is 0. The third kappa shape index (κ3) is 5.68. The van der Waals surface area contributed by atoms with E-state index in [2.05, 4.69) is 17.4 Å². The monoisotopic (exact) mass is 464 g/mol. The number of nitrogens with zero attached hydrogens (tertiary/aromatic N) is 1. The number of nitrogens with one attached hydrogen (secondary N) is 1. The van der Waals surface area contributed by atoms with Crippen LogP contribution in [-0.2, 0) is 22.6 Å². The molecule has 0 spiro atoms. The fourth-order valence-corrected chi connectivity index (χ4v) is 5.18. The number of carbonyl (C=O) groups is 2. The number of thiophene rings is 1. The molecule has 0 radical (unpaired) electrons. The maximum absolute atomic E-state index is 12.9. The molecule has 4 rings (SSSR count). The summed E-state index contributed by atoms with van der Waals surface area (Å²) in [4.78, 5) is 29.0. The molecule has 0 saturated carbocycles. The first-order chi connectivity index (χ1) is 16.0. The van der Waals surface area contributed by atoms with E-state index >= 15 is 0 Å². The fraction of sp³-hybridized carbons (Fsp3) is 0.308. The molecule has 6 nitrogen and oxygen atoms in total. The van der Waals surface area contributed by atoms with Crippen molar-refractivity contribution in [2.24, 2.45) is 0 Å². The predicted molar refractivity (Wildman–Crippen MR) is 128 cm³/mol. The van der Waals surface area contributed by atoms with Crippen molar-refractivity contribution in [3.63, 3.8) is 0 Å². The topological polar surface area (TPSA) is 89.9 Å². The number of benzene rings is 2. The van der Waals surface area contributed by atoms with Gasteiger partial charge in [-0.05, 0) is 36.1 Å². The van der Waals surface area contributed by atoms with Gasteiger partial charge in [-0.15, -0.1) is 11.3 Å². The second-order valence-electron chi connectivity index (χ2n) is 8.24. The van der Waals surface area contributed by atoms with Crippen molar-refractivity contribution < 1.29 is 19.8 Å². The summed E-state index contributed by atoms with van der Waals surface area (Å²) in [6.45, 7) is 0.718. The fourth-order valence-electron chi connectivity index (χ4n) is 4.19. The van der Waals surface area contributed by atoms with Gasteiger partial charge in [-0.3, -0.25) is 9.59 Å². The zero-order chi connectivity index (χ0) is 23.2. The Hall–Kier alpha value is -3.00. The Morgan fingerprint density at radius 1 is 0.939 bits per heavy atom.